The summed E-state index contributed by atoms with van der Waals surface area (Å²) in [5.41, 5.74) is 4.72. The lowest BCUT2D eigenvalue weighted by atomic mass is 9.39. The van der Waals surface area contributed by atoms with Crippen molar-refractivity contribution in [2.75, 3.05) is 6.54 Å². The highest BCUT2D eigenvalue weighted by Gasteiger charge is 2.60. The Balaban J connectivity index is 1.17. The van der Waals surface area contributed by atoms with Gasteiger partial charge in [-0.3, -0.25) is 4.90 Å². The molecule has 2 bridgehead atoms. The van der Waals surface area contributed by atoms with Crippen LogP contribution in [-0.4, -0.2) is 18.6 Å². The van der Waals surface area contributed by atoms with E-state index >= 15 is 0 Å². The van der Waals surface area contributed by atoms with Crippen LogP contribution in [0.3, 0.4) is 0 Å². The quantitative estimate of drug-likeness (QED) is 0.627. The third kappa shape index (κ3) is 2.91. The van der Waals surface area contributed by atoms with Gasteiger partial charge in [-0.1, -0.05) is 51.1 Å². The molecule has 156 valence electrons. The third-order valence-corrected chi connectivity index (χ3v) is 8.86. The van der Waals surface area contributed by atoms with Gasteiger partial charge in [0.2, 0.25) is 0 Å². The van der Waals surface area contributed by atoms with Crippen LogP contribution in [-0.2, 0) is 19.5 Å². The zero-order chi connectivity index (χ0) is 20.5. The molecule has 0 aromatic heterocycles. The fourth-order valence-corrected chi connectivity index (χ4v) is 6.78. The van der Waals surface area contributed by atoms with E-state index in [1.807, 2.05) is 0 Å². The van der Waals surface area contributed by atoms with Crippen LogP contribution in [0.2, 0.25) is 5.82 Å². The van der Waals surface area contributed by atoms with Crippen molar-refractivity contribution in [3.8, 4) is 11.5 Å². The van der Waals surface area contributed by atoms with Gasteiger partial charge in [-0.25, -0.2) is 0 Å². The molecular formula is C26H32BNO2. The molecule has 2 aromatic carbocycles. The number of hydrogen-bond donors (Lipinski definition) is 0. The Bertz CT molecular complexity index is 959. The van der Waals surface area contributed by atoms with Crippen molar-refractivity contribution in [2.45, 2.75) is 58.9 Å². The standard InChI is InChI=1S/C26H32BNO2/c1-17-22-13-21(26(22,2)3)14-23(17)27-29-24-11-19-9-10-28(15-18-7-5-4-6-8-18)16-20(19)12-25(24)30-27/h4-8,11-12,17,21-23H,9-10,13-16H2,1-3H3/t17-,21+,22-,23-/m0/s1. The molecule has 30 heavy (non-hydrogen) atoms. The predicted molar refractivity (Wildman–Crippen MR) is 121 cm³/mol. The van der Waals surface area contributed by atoms with E-state index in [9.17, 15) is 0 Å². The molecule has 0 spiro atoms. The minimum absolute atomic E-state index is 0.0966. The predicted octanol–water partition coefficient (Wildman–Crippen LogP) is 5.58. The molecule has 3 nitrogen and oxygen atoms in total. The van der Waals surface area contributed by atoms with E-state index in [0.29, 0.717) is 17.2 Å². The van der Waals surface area contributed by atoms with Crippen molar-refractivity contribution < 1.29 is 9.31 Å². The fraction of sp³-hybridized carbons (Fsp3) is 0.538. The zero-order valence-electron chi connectivity index (χ0n) is 18.4. The van der Waals surface area contributed by atoms with E-state index in [4.69, 9.17) is 9.31 Å². The molecular weight excluding hydrogens is 369 g/mol. The van der Waals surface area contributed by atoms with E-state index in [-0.39, 0.29) is 7.12 Å². The van der Waals surface area contributed by atoms with Gasteiger partial charge < -0.3 is 9.31 Å². The monoisotopic (exact) mass is 401 g/mol. The van der Waals surface area contributed by atoms with Crippen LogP contribution in [0.15, 0.2) is 42.5 Å². The Morgan fingerprint density at radius 1 is 1.03 bits per heavy atom. The lowest BCUT2D eigenvalue weighted by Crippen LogP contribution is -2.56. The first-order valence-electron chi connectivity index (χ1n) is 11.7. The van der Waals surface area contributed by atoms with Crippen LogP contribution < -0.4 is 9.31 Å². The molecule has 3 aliphatic carbocycles. The Labute approximate surface area is 180 Å². The summed E-state index contributed by atoms with van der Waals surface area (Å²) in [6.07, 6.45) is 3.73. The van der Waals surface area contributed by atoms with Crippen molar-refractivity contribution >= 4 is 7.12 Å². The van der Waals surface area contributed by atoms with E-state index < -0.39 is 0 Å². The maximum atomic E-state index is 6.43. The van der Waals surface area contributed by atoms with Gasteiger partial charge in [0.05, 0.1) is 0 Å². The zero-order valence-corrected chi connectivity index (χ0v) is 18.4. The van der Waals surface area contributed by atoms with Gasteiger partial charge in [0.1, 0.15) is 11.5 Å². The van der Waals surface area contributed by atoms with Crippen LogP contribution in [0.4, 0.5) is 0 Å². The maximum absolute atomic E-state index is 6.43. The van der Waals surface area contributed by atoms with Gasteiger partial charge in [-0.2, -0.15) is 0 Å². The molecule has 2 aromatic rings. The second kappa shape index (κ2) is 6.78. The van der Waals surface area contributed by atoms with Gasteiger partial charge in [-0.05, 0) is 71.3 Å². The highest BCUT2D eigenvalue weighted by Crippen LogP contribution is 2.65. The molecule has 0 amide bonds. The van der Waals surface area contributed by atoms with Crippen LogP contribution in [0.1, 0.15) is 50.3 Å². The smallest absolute Gasteiger partial charge is 0.523 e. The molecule has 0 saturated heterocycles. The van der Waals surface area contributed by atoms with Gasteiger partial charge in [-0.15, -0.1) is 0 Å². The van der Waals surface area contributed by atoms with Crippen LogP contribution in [0, 0.1) is 23.2 Å². The normalized spacial score (nSPS) is 31.2. The van der Waals surface area contributed by atoms with Crippen molar-refractivity contribution in [2.24, 2.45) is 23.2 Å². The summed E-state index contributed by atoms with van der Waals surface area (Å²) < 4.78 is 12.8. The Morgan fingerprint density at radius 3 is 2.47 bits per heavy atom. The third-order valence-electron chi connectivity index (χ3n) is 8.86. The van der Waals surface area contributed by atoms with Crippen molar-refractivity contribution in [1.82, 2.24) is 4.90 Å². The summed E-state index contributed by atoms with van der Waals surface area (Å²) in [4.78, 5) is 2.54. The Kier molecular flexibility index (Phi) is 4.25. The average Bonchev–Trinajstić information content (AvgIpc) is 3.15. The summed E-state index contributed by atoms with van der Waals surface area (Å²) in [7, 11) is -0.0966. The van der Waals surface area contributed by atoms with Gasteiger partial charge in [0.15, 0.2) is 0 Å². The maximum Gasteiger partial charge on any atom is 0.598 e. The summed E-state index contributed by atoms with van der Waals surface area (Å²) >= 11 is 0. The number of benzene rings is 2. The lowest BCUT2D eigenvalue weighted by Gasteiger charge is -2.61. The topological polar surface area (TPSA) is 21.7 Å². The molecule has 4 heteroatoms. The molecule has 3 fully saturated rings. The molecule has 3 saturated carbocycles. The largest absolute Gasteiger partial charge is 0.598 e. The molecule has 5 aliphatic rings. The first-order chi connectivity index (χ1) is 14.5. The highest BCUT2D eigenvalue weighted by atomic mass is 16.6. The fourth-order valence-electron chi connectivity index (χ4n) is 6.78. The van der Waals surface area contributed by atoms with Crippen molar-refractivity contribution in [3.05, 3.63) is 59.2 Å². The SMILES string of the molecule is C[C@@H]1[C@@H](B2Oc3cc4c(cc3O2)CN(Cc2ccccc2)CC4)C[C@H]2C[C@@H]1C2(C)C. The summed E-state index contributed by atoms with van der Waals surface area (Å²) in [6.45, 7) is 10.4. The summed E-state index contributed by atoms with van der Waals surface area (Å²) in [5, 5.41) is 0. The van der Waals surface area contributed by atoms with E-state index in [1.54, 1.807) is 0 Å². The van der Waals surface area contributed by atoms with E-state index in [0.717, 1.165) is 49.4 Å². The summed E-state index contributed by atoms with van der Waals surface area (Å²) in [5.74, 6) is 4.77. The lowest BCUT2D eigenvalue weighted by molar-refractivity contribution is -0.102. The minimum atomic E-state index is -0.0966. The van der Waals surface area contributed by atoms with E-state index in [1.165, 1.54) is 29.5 Å². The van der Waals surface area contributed by atoms with Crippen LogP contribution >= 0.6 is 0 Å². The number of nitrogens with zero attached hydrogens (tertiary/aromatic N) is 1. The van der Waals surface area contributed by atoms with Gasteiger partial charge >= 0.3 is 7.12 Å². The van der Waals surface area contributed by atoms with Gasteiger partial charge in [0.25, 0.3) is 0 Å². The van der Waals surface area contributed by atoms with Crippen molar-refractivity contribution in [3.63, 3.8) is 0 Å². The second-order valence-corrected chi connectivity index (χ2v) is 10.7. The average molecular weight is 401 g/mol. The highest BCUT2D eigenvalue weighted by molar-refractivity contribution is 6.49. The van der Waals surface area contributed by atoms with Crippen LogP contribution in [0.5, 0.6) is 11.5 Å². The van der Waals surface area contributed by atoms with Gasteiger partial charge in [0, 0.05) is 25.5 Å². The molecule has 2 aliphatic heterocycles. The first-order valence-corrected chi connectivity index (χ1v) is 11.7. The first kappa shape index (κ1) is 18.8. The van der Waals surface area contributed by atoms with Crippen LogP contribution in [0.25, 0.3) is 0 Å². The minimum Gasteiger partial charge on any atom is -0.523 e. The number of hydrogen-bond acceptors (Lipinski definition) is 3. The molecule has 0 radical (unpaired) electrons. The number of rotatable bonds is 3. The summed E-state index contributed by atoms with van der Waals surface area (Å²) in [6, 6.07) is 15.3. The molecule has 4 atom stereocenters. The van der Waals surface area contributed by atoms with E-state index in [2.05, 4.69) is 68.1 Å². The molecule has 0 N–H and O–H groups in total. The Morgan fingerprint density at radius 2 is 1.77 bits per heavy atom. The molecule has 2 heterocycles. The molecule has 0 unspecified atom stereocenters. The molecule has 7 rings (SSSR count). The second-order valence-electron chi connectivity index (χ2n) is 10.7. The number of fused-ring (bicyclic) bond motifs is 4. The Hall–Kier alpha value is -1.94. The van der Waals surface area contributed by atoms with Crippen molar-refractivity contribution in [1.29, 1.82) is 0 Å².